The van der Waals surface area contributed by atoms with Crippen molar-refractivity contribution >= 4 is 11.7 Å². The van der Waals surface area contributed by atoms with E-state index in [1.165, 1.54) is 4.57 Å². The van der Waals surface area contributed by atoms with E-state index in [9.17, 15) is 14.4 Å². The summed E-state index contributed by atoms with van der Waals surface area (Å²) in [5.74, 6) is -0.0552. The van der Waals surface area contributed by atoms with E-state index in [-0.39, 0.29) is 24.2 Å². The molecule has 1 amide bonds. The molecule has 0 unspecified atom stereocenters. The highest BCUT2D eigenvalue weighted by molar-refractivity contribution is 5.95. The van der Waals surface area contributed by atoms with Gasteiger partial charge in [0.05, 0.1) is 0 Å². The summed E-state index contributed by atoms with van der Waals surface area (Å²) in [6.07, 6.45) is 4.82. The molecule has 0 N–H and O–H groups in total. The molecule has 1 aliphatic rings. The maximum Gasteiger partial charge on any atom is 0.348 e. The highest BCUT2D eigenvalue weighted by Gasteiger charge is 2.30. The molecule has 1 saturated heterocycles. The number of hydrogen-bond donors (Lipinski definition) is 0. The molecule has 1 fully saturated rings. The van der Waals surface area contributed by atoms with Crippen LogP contribution in [-0.4, -0.2) is 48.8 Å². The monoisotopic (exact) mass is 357 g/mol. The van der Waals surface area contributed by atoms with E-state index in [1.807, 2.05) is 0 Å². The number of hydrogen-bond acceptors (Lipinski definition) is 5. The van der Waals surface area contributed by atoms with Gasteiger partial charge in [0.2, 0.25) is 11.7 Å². The van der Waals surface area contributed by atoms with Gasteiger partial charge in [-0.2, -0.15) is 4.98 Å². The Labute approximate surface area is 151 Å². The molecule has 3 rings (SSSR count). The minimum Gasteiger partial charge on any atom is -0.340 e. The first kappa shape index (κ1) is 18.0. The molecule has 0 aliphatic carbocycles. The normalized spacial score (nSPS) is 17.3. The van der Waals surface area contributed by atoms with Crippen LogP contribution in [0.5, 0.6) is 0 Å². The van der Waals surface area contributed by atoms with E-state index in [4.69, 9.17) is 0 Å². The molecule has 0 radical (unpaired) electrons. The summed E-state index contributed by atoms with van der Waals surface area (Å²) in [4.78, 5) is 47.1. The summed E-state index contributed by atoms with van der Waals surface area (Å²) in [5.41, 5.74) is 0.914. The highest BCUT2D eigenvalue weighted by Crippen LogP contribution is 2.20. The number of amides is 1. The third-order valence-corrected chi connectivity index (χ3v) is 4.83. The summed E-state index contributed by atoms with van der Waals surface area (Å²) in [5, 5.41) is 0. The lowest BCUT2D eigenvalue weighted by Gasteiger charge is -2.32. The second kappa shape index (κ2) is 7.23. The highest BCUT2D eigenvalue weighted by atomic mass is 16.2. The van der Waals surface area contributed by atoms with Gasteiger partial charge in [0.15, 0.2) is 5.82 Å². The van der Waals surface area contributed by atoms with Crippen LogP contribution < -0.4 is 5.69 Å². The minimum absolute atomic E-state index is 0.0413. The first-order chi connectivity index (χ1) is 12.4. The van der Waals surface area contributed by atoms with Crippen LogP contribution in [0.4, 0.5) is 0 Å². The average molecular weight is 357 g/mol. The maximum absolute atomic E-state index is 12.7. The van der Waals surface area contributed by atoms with Crippen LogP contribution in [0.15, 0.2) is 23.3 Å². The van der Waals surface area contributed by atoms with Crippen molar-refractivity contribution in [2.75, 3.05) is 13.1 Å². The average Bonchev–Trinajstić information content (AvgIpc) is 3.03. The Hall–Kier alpha value is -2.77. The third-order valence-electron chi connectivity index (χ3n) is 4.83. The smallest absolute Gasteiger partial charge is 0.340 e. The fraction of sp³-hybridized carbons (Fsp3) is 0.500. The second-order valence-electron chi connectivity index (χ2n) is 6.81. The number of carbonyl (C=O) groups excluding carboxylic acids is 2. The first-order valence-electron chi connectivity index (χ1n) is 8.71. The van der Waals surface area contributed by atoms with Gasteiger partial charge in [-0.25, -0.2) is 9.78 Å². The molecule has 0 saturated carbocycles. The topological polar surface area (TPSA) is 90.1 Å². The lowest BCUT2D eigenvalue weighted by Crippen LogP contribution is -2.45. The van der Waals surface area contributed by atoms with Gasteiger partial charge >= 0.3 is 5.69 Å². The molecule has 138 valence electrons. The van der Waals surface area contributed by atoms with Gasteiger partial charge in [-0.3, -0.25) is 14.2 Å². The van der Waals surface area contributed by atoms with Crippen LogP contribution in [0.25, 0.3) is 0 Å². The van der Waals surface area contributed by atoms with Crippen molar-refractivity contribution in [2.24, 2.45) is 13.0 Å². The van der Waals surface area contributed by atoms with Gasteiger partial charge in [-0.1, -0.05) is 0 Å². The molecular weight excluding hydrogens is 334 g/mol. The van der Waals surface area contributed by atoms with Crippen LogP contribution in [0.3, 0.4) is 0 Å². The lowest BCUT2D eigenvalue weighted by atomic mass is 9.93. The molecule has 0 spiro atoms. The number of carbonyl (C=O) groups is 2. The van der Waals surface area contributed by atoms with Crippen molar-refractivity contribution in [1.82, 2.24) is 24.0 Å². The van der Waals surface area contributed by atoms with Crippen molar-refractivity contribution in [1.29, 1.82) is 0 Å². The van der Waals surface area contributed by atoms with E-state index >= 15 is 0 Å². The number of aromatic nitrogens is 4. The van der Waals surface area contributed by atoms with Crippen LogP contribution in [0, 0.1) is 19.8 Å². The van der Waals surface area contributed by atoms with E-state index < -0.39 is 5.69 Å². The Bertz CT molecular complexity index is 898. The predicted molar refractivity (Wildman–Crippen MR) is 94.8 cm³/mol. The van der Waals surface area contributed by atoms with E-state index in [0.717, 1.165) is 12.8 Å². The van der Waals surface area contributed by atoms with Crippen LogP contribution >= 0.6 is 0 Å². The molecule has 8 nitrogen and oxygen atoms in total. The van der Waals surface area contributed by atoms with E-state index in [0.29, 0.717) is 30.3 Å². The third kappa shape index (κ3) is 3.58. The van der Waals surface area contributed by atoms with Crippen LogP contribution in [0.2, 0.25) is 0 Å². The maximum atomic E-state index is 12.7. The quantitative estimate of drug-likeness (QED) is 0.752. The van der Waals surface area contributed by atoms with Crippen molar-refractivity contribution in [2.45, 2.75) is 33.2 Å². The molecule has 2 aromatic heterocycles. The zero-order valence-corrected chi connectivity index (χ0v) is 15.3. The predicted octanol–water partition coefficient (Wildman–Crippen LogP) is 0.715. The lowest BCUT2D eigenvalue weighted by molar-refractivity contribution is -0.133. The number of Topliss-reactive ketones (excluding diaryl/α,β-unsaturated/α-hetero) is 1. The largest absolute Gasteiger partial charge is 0.348 e. The molecular formula is C18H23N5O3. The van der Waals surface area contributed by atoms with Crippen molar-refractivity contribution in [3.8, 4) is 0 Å². The Morgan fingerprint density at radius 3 is 2.73 bits per heavy atom. The summed E-state index contributed by atoms with van der Waals surface area (Å²) >= 11 is 0. The van der Waals surface area contributed by atoms with E-state index in [1.54, 1.807) is 48.8 Å². The van der Waals surface area contributed by atoms with Crippen molar-refractivity contribution < 1.29 is 9.59 Å². The Balaban J connectivity index is 1.72. The fourth-order valence-corrected chi connectivity index (χ4v) is 3.41. The van der Waals surface area contributed by atoms with Crippen LogP contribution in [-0.2, 0) is 18.4 Å². The molecule has 8 heteroatoms. The molecule has 26 heavy (non-hydrogen) atoms. The molecule has 0 aromatic carbocycles. The first-order valence-corrected chi connectivity index (χ1v) is 8.71. The summed E-state index contributed by atoms with van der Waals surface area (Å²) in [6.45, 7) is 4.43. The number of likely N-dealkylation sites (tertiary alicyclic amines) is 1. The second-order valence-corrected chi connectivity index (χ2v) is 6.81. The number of ketones is 1. The van der Waals surface area contributed by atoms with Crippen LogP contribution in [0.1, 0.15) is 34.8 Å². The SMILES string of the molecule is Cc1cc(C)n(CC(=O)N2CCC[C@H](C(=O)c3nccn3C)C2)c(=O)n1. The number of piperidine rings is 1. The van der Waals surface area contributed by atoms with Gasteiger partial charge in [-0.05, 0) is 32.8 Å². The summed E-state index contributed by atoms with van der Waals surface area (Å²) in [7, 11) is 1.78. The Kier molecular flexibility index (Phi) is 5.01. The van der Waals surface area contributed by atoms with E-state index in [2.05, 4.69) is 9.97 Å². The molecule has 2 aromatic rings. The molecule has 1 atom stereocenters. The van der Waals surface area contributed by atoms with Gasteiger partial charge in [0, 0.05) is 49.8 Å². The zero-order valence-electron chi connectivity index (χ0n) is 15.3. The summed E-state index contributed by atoms with van der Waals surface area (Å²) < 4.78 is 3.07. The Morgan fingerprint density at radius 1 is 1.31 bits per heavy atom. The van der Waals surface area contributed by atoms with Gasteiger partial charge < -0.3 is 9.47 Å². The fourth-order valence-electron chi connectivity index (χ4n) is 3.41. The number of rotatable bonds is 4. The number of nitrogens with zero attached hydrogens (tertiary/aromatic N) is 5. The zero-order chi connectivity index (χ0) is 18.8. The standard InChI is InChI=1S/C18H23N5O3/c1-12-9-13(2)23(18(26)20-12)11-15(24)22-7-4-5-14(10-22)16(25)17-19-6-8-21(17)3/h6,8-9,14H,4-5,7,10-11H2,1-3H3/t14-/m0/s1. The molecule has 1 aliphatic heterocycles. The molecule has 0 bridgehead atoms. The minimum atomic E-state index is -0.423. The van der Waals surface area contributed by atoms with Crippen molar-refractivity contribution in [3.63, 3.8) is 0 Å². The summed E-state index contributed by atoms with van der Waals surface area (Å²) in [6, 6.07) is 1.78. The van der Waals surface area contributed by atoms with Gasteiger partial charge in [-0.15, -0.1) is 0 Å². The number of aryl methyl sites for hydroxylation is 3. The van der Waals surface area contributed by atoms with Gasteiger partial charge in [0.25, 0.3) is 0 Å². The van der Waals surface area contributed by atoms with Gasteiger partial charge in [0.1, 0.15) is 6.54 Å². The van der Waals surface area contributed by atoms with Crippen molar-refractivity contribution in [3.05, 3.63) is 46.2 Å². The number of imidazole rings is 1. The Morgan fingerprint density at radius 2 is 2.08 bits per heavy atom. The molecule has 3 heterocycles.